The summed E-state index contributed by atoms with van der Waals surface area (Å²) in [7, 11) is 0. The van der Waals surface area contributed by atoms with Gasteiger partial charge in [-0.25, -0.2) is 9.78 Å². The molecule has 8 heteroatoms. The van der Waals surface area contributed by atoms with Gasteiger partial charge in [-0.15, -0.1) is 0 Å². The third-order valence-electron chi connectivity index (χ3n) is 2.84. The molecule has 0 bridgehead atoms. The topological polar surface area (TPSA) is 79.3 Å². The van der Waals surface area contributed by atoms with E-state index in [1.54, 1.807) is 13.8 Å². The Morgan fingerprint density at radius 3 is 2.24 bits per heavy atom. The molecule has 116 valence electrons. The fourth-order valence-corrected chi connectivity index (χ4v) is 1.69. The molecule has 0 spiro atoms. The number of amides is 1. The number of nitrogens with zero attached hydrogens (tertiary/aromatic N) is 1. The number of halogens is 3. The van der Waals surface area contributed by atoms with E-state index in [1.165, 1.54) is 6.92 Å². The number of carboxylic acids is 1. The van der Waals surface area contributed by atoms with E-state index in [0.717, 1.165) is 6.07 Å². The normalized spacial score (nSPS) is 13.1. The molecule has 0 aliphatic carbocycles. The third kappa shape index (κ3) is 4.17. The molecule has 0 aliphatic rings. The van der Waals surface area contributed by atoms with E-state index in [2.05, 4.69) is 10.3 Å². The molecule has 0 radical (unpaired) electrons. The van der Waals surface area contributed by atoms with E-state index >= 15 is 0 Å². The van der Waals surface area contributed by atoms with Gasteiger partial charge in [-0.2, -0.15) is 13.2 Å². The molecule has 21 heavy (non-hydrogen) atoms. The van der Waals surface area contributed by atoms with Gasteiger partial charge in [0.05, 0.1) is 11.3 Å². The summed E-state index contributed by atoms with van der Waals surface area (Å²) >= 11 is 0. The zero-order valence-corrected chi connectivity index (χ0v) is 11.7. The highest BCUT2D eigenvalue weighted by Gasteiger charge is 2.33. The number of carbonyl (C=O) groups excluding carboxylic acids is 1. The lowest BCUT2D eigenvalue weighted by Crippen LogP contribution is -2.44. The van der Waals surface area contributed by atoms with Gasteiger partial charge in [-0.05, 0) is 25.0 Å². The van der Waals surface area contributed by atoms with Crippen molar-refractivity contribution >= 4 is 11.9 Å². The van der Waals surface area contributed by atoms with Gasteiger partial charge >= 0.3 is 12.1 Å². The maximum Gasteiger partial charge on any atom is 0.433 e. The van der Waals surface area contributed by atoms with E-state index in [9.17, 15) is 22.8 Å². The highest BCUT2D eigenvalue weighted by atomic mass is 19.4. The van der Waals surface area contributed by atoms with E-state index in [0.29, 0.717) is 6.07 Å². The number of hydrogen-bond donors (Lipinski definition) is 2. The van der Waals surface area contributed by atoms with Crippen molar-refractivity contribution in [1.29, 1.82) is 0 Å². The highest BCUT2D eigenvalue weighted by molar-refractivity contribution is 5.97. The number of carboxylic acid groups (broad SMARTS) is 1. The number of aromatic nitrogens is 1. The van der Waals surface area contributed by atoms with E-state index < -0.39 is 29.8 Å². The van der Waals surface area contributed by atoms with Crippen molar-refractivity contribution in [3.05, 3.63) is 29.1 Å². The monoisotopic (exact) mass is 304 g/mol. The fraction of sp³-hybridized carbons (Fsp3) is 0.462. The Hall–Kier alpha value is -2.12. The van der Waals surface area contributed by atoms with Crippen LogP contribution in [0.15, 0.2) is 12.1 Å². The minimum atomic E-state index is -4.60. The van der Waals surface area contributed by atoms with E-state index in [1.807, 2.05) is 0 Å². The first kappa shape index (κ1) is 16.9. The van der Waals surface area contributed by atoms with E-state index in [4.69, 9.17) is 5.11 Å². The number of aliphatic carboxylic acids is 1. The van der Waals surface area contributed by atoms with Gasteiger partial charge in [-0.1, -0.05) is 13.8 Å². The Balaban J connectivity index is 3.01. The van der Waals surface area contributed by atoms with Crippen LogP contribution in [-0.4, -0.2) is 28.0 Å². The third-order valence-corrected chi connectivity index (χ3v) is 2.84. The lowest BCUT2D eigenvalue weighted by atomic mass is 10.0. The number of aryl methyl sites for hydroxylation is 1. The second kappa shape index (κ2) is 6.11. The summed E-state index contributed by atoms with van der Waals surface area (Å²) in [6.45, 7) is 4.48. The second-order valence-electron chi connectivity index (χ2n) is 4.86. The molecule has 1 aromatic rings. The van der Waals surface area contributed by atoms with Crippen molar-refractivity contribution in [2.75, 3.05) is 0 Å². The van der Waals surface area contributed by atoms with Crippen LogP contribution >= 0.6 is 0 Å². The molecule has 2 N–H and O–H groups in total. The zero-order valence-electron chi connectivity index (χ0n) is 11.7. The quantitative estimate of drug-likeness (QED) is 0.894. The standard InChI is InChI=1S/C13H15F3N2O3/c1-6(2)10(12(20)21)18-11(19)8-4-5-9(13(14,15)16)17-7(8)3/h4-6,10H,1-3H3,(H,18,19)(H,20,21). The van der Waals surface area contributed by atoms with Crippen molar-refractivity contribution in [3.63, 3.8) is 0 Å². The lowest BCUT2D eigenvalue weighted by Gasteiger charge is -2.18. The number of rotatable bonds is 4. The fourth-order valence-electron chi connectivity index (χ4n) is 1.69. The van der Waals surface area contributed by atoms with Crippen LogP contribution in [0.2, 0.25) is 0 Å². The highest BCUT2D eigenvalue weighted by Crippen LogP contribution is 2.28. The molecular weight excluding hydrogens is 289 g/mol. The summed E-state index contributed by atoms with van der Waals surface area (Å²) in [4.78, 5) is 26.3. The molecule has 0 fully saturated rings. The van der Waals surface area contributed by atoms with Gasteiger partial charge in [-0.3, -0.25) is 4.79 Å². The average Bonchev–Trinajstić information content (AvgIpc) is 2.33. The van der Waals surface area contributed by atoms with Crippen LogP contribution in [0.3, 0.4) is 0 Å². The maximum absolute atomic E-state index is 12.5. The molecule has 1 unspecified atom stereocenters. The predicted molar refractivity (Wildman–Crippen MR) is 67.7 cm³/mol. The van der Waals surface area contributed by atoms with Crippen molar-refractivity contribution in [2.45, 2.75) is 33.0 Å². The Labute approximate surface area is 119 Å². The summed E-state index contributed by atoms with van der Waals surface area (Å²) in [6, 6.07) is 0.548. The maximum atomic E-state index is 12.5. The van der Waals surface area contributed by atoms with Crippen LogP contribution in [0, 0.1) is 12.8 Å². The Morgan fingerprint density at radius 2 is 1.86 bits per heavy atom. The number of hydrogen-bond acceptors (Lipinski definition) is 3. The summed E-state index contributed by atoms with van der Waals surface area (Å²) < 4.78 is 37.4. The van der Waals surface area contributed by atoms with Gasteiger partial charge in [0.25, 0.3) is 5.91 Å². The summed E-state index contributed by atoms with van der Waals surface area (Å²) in [5.41, 5.74) is -1.31. The van der Waals surface area contributed by atoms with Crippen molar-refractivity contribution in [1.82, 2.24) is 10.3 Å². The minimum Gasteiger partial charge on any atom is -0.480 e. The average molecular weight is 304 g/mol. The Morgan fingerprint density at radius 1 is 1.29 bits per heavy atom. The van der Waals surface area contributed by atoms with Gasteiger partial charge in [0.15, 0.2) is 0 Å². The molecule has 1 amide bonds. The summed E-state index contributed by atoms with van der Waals surface area (Å²) in [6.07, 6.45) is -4.60. The number of alkyl halides is 3. The molecular formula is C13H15F3N2O3. The van der Waals surface area contributed by atoms with Crippen LogP contribution < -0.4 is 5.32 Å². The molecule has 1 rings (SSSR count). The van der Waals surface area contributed by atoms with Crippen molar-refractivity contribution < 1.29 is 27.9 Å². The first-order chi connectivity index (χ1) is 9.54. The Bertz CT molecular complexity index is 556. The number of carbonyl (C=O) groups is 2. The van der Waals surface area contributed by atoms with Crippen LogP contribution in [-0.2, 0) is 11.0 Å². The molecule has 1 aromatic heterocycles. The van der Waals surface area contributed by atoms with E-state index in [-0.39, 0.29) is 17.2 Å². The predicted octanol–water partition coefficient (Wildman–Crippen LogP) is 2.25. The second-order valence-corrected chi connectivity index (χ2v) is 4.86. The van der Waals surface area contributed by atoms with Gasteiger partial charge < -0.3 is 10.4 Å². The van der Waals surface area contributed by atoms with Crippen LogP contribution in [0.4, 0.5) is 13.2 Å². The molecule has 1 atom stereocenters. The van der Waals surface area contributed by atoms with Gasteiger partial charge in [0.1, 0.15) is 11.7 Å². The van der Waals surface area contributed by atoms with Crippen LogP contribution in [0.1, 0.15) is 35.6 Å². The number of pyridine rings is 1. The van der Waals surface area contributed by atoms with Crippen molar-refractivity contribution in [3.8, 4) is 0 Å². The summed E-state index contributed by atoms with van der Waals surface area (Å²) in [5.74, 6) is -2.35. The largest absolute Gasteiger partial charge is 0.480 e. The molecule has 0 saturated heterocycles. The van der Waals surface area contributed by atoms with Gasteiger partial charge in [0, 0.05) is 0 Å². The zero-order chi connectivity index (χ0) is 16.4. The minimum absolute atomic E-state index is 0.0881. The number of nitrogens with one attached hydrogen (secondary N) is 1. The lowest BCUT2D eigenvalue weighted by molar-refractivity contribution is -0.141. The van der Waals surface area contributed by atoms with Crippen LogP contribution in [0.25, 0.3) is 0 Å². The molecule has 5 nitrogen and oxygen atoms in total. The molecule has 0 aromatic carbocycles. The molecule has 0 saturated carbocycles. The van der Waals surface area contributed by atoms with Crippen molar-refractivity contribution in [2.24, 2.45) is 5.92 Å². The Kier molecular flexibility index (Phi) is 4.93. The van der Waals surface area contributed by atoms with Crippen LogP contribution in [0.5, 0.6) is 0 Å². The molecule has 0 aliphatic heterocycles. The first-order valence-electron chi connectivity index (χ1n) is 6.12. The first-order valence-corrected chi connectivity index (χ1v) is 6.12. The molecule has 1 heterocycles. The smallest absolute Gasteiger partial charge is 0.433 e. The van der Waals surface area contributed by atoms with Gasteiger partial charge in [0.2, 0.25) is 0 Å². The SMILES string of the molecule is Cc1nc(C(F)(F)F)ccc1C(=O)NC(C(=O)O)C(C)C. The summed E-state index contributed by atoms with van der Waals surface area (Å²) in [5, 5.41) is 11.3.